The lowest BCUT2D eigenvalue weighted by Gasteiger charge is -2.30. The number of carbonyl (C=O) groups is 3. The van der Waals surface area contributed by atoms with E-state index in [1.54, 1.807) is 42.5 Å². The first kappa shape index (κ1) is 26.0. The van der Waals surface area contributed by atoms with Gasteiger partial charge in [-0.25, -0.2) is 0 Å². The number of likely N-dealkylation sites (tertiary alicyclic amines) is 1. The molecule has 3 amide bonds. The van der Waals surface area contributed by atoms with Crippen molar-refractivity contribution in [2.24, 2.45) is 5.92 Å². The summed E-state index contributed by atoms with van der Waals surface area (Å²) in [7, 11) is 0. The van der Waals surface area contributed by atoms with Crippen LogP contribution in [0.5, 0.6) is 0 Å². The lowest BCUT2D eigenvalue weighted by molar-refractivity contribution is -0.114. The number of anilines is 2. The van der Waals surface area contributed by atoms with Crippen molar-refractivity contribution in [2.45, 2.75) is 57.9 Å². The summed E-state index contributed by atoms with van der Waals surface area (Å²) >= 11 is 6.28. The molecule has 0 radical (unpaired) electrons. The summed E-state index contributed by atoms with van der Waals surface area (Å²) in [6.45, 7) is 3.75. The molecule has 8 heteroatoms. The predicted molar refractivity (Wildman–Crippen MR) is 144 cm³/mol. The van der Waals surface area contributed by atoms with E-state index >= 15 is 0 Å². The van der Waals surface area contributed by atoms with Crippen LogP contribution in [0.3, 0.4) is 0 Å². The van der Waals surface area contributed by atoms with Gasteiger partial charge in [-0.15, -0.1) is 0 Å². The van der Waals surface area contributed by atoms with Crippen LogP contribution in [0.4, 0.5) is 11.4 Å². The Morgan fingerprint density at radius 3 is 2.44 bits per heavy atom. The molecule has 1 heterocycles. The molecule has 2 aromatic rings. The molecule has 1 aliphatic carbocycles. The topological polar surface area (TPSA) is 90.5 Å². The first-order valence-electron chi connectivity index (χ1n) is 12.9. The number of piperidine rings is 1. The van der Waals surface area contributed by atoms with Crippen LogP contribution in [0, 0.1) is 5.92 Å². The minimum atomic E-state index is -0.255. The van der Waals surface area contributed by atoms with Crippen LogP contribution in [0.1, 0.15) is 72.6 Å². The number of hydrogen-bond donors (Lipinski definition) is 3. The standard InChI is InChI=1S/C28H35ClN4O3/c1-19-12-14-33(15-13-19)28(36)20-6-5-9-23(16-20)31-26(34)18-30-22-10-11-25(29)24(17-22)27(35)32-21-7-3-2-4-8-21/h5-6,9-11,16-17,19,21,30H,2-4,7-8,12-15,18H2,1H3,(H,31,34)(H,32,35). The SMILES string of the molecule is CC1CCN(C(=O)c2cccc(NC(=O)CNc3ccc(Cl)c(C(=O)NC4CCCCC4)c3)c2)CC1. The fourth-order valence-electron chi connectivity index (χ4n) is 4.83. The zero-order valence-electron chi connectivity index (χ0n) is 20.8. The highest BCUT2D eigenvalue weighted by Crippen LogP contribution is 2.23. The average molecular weight is 511 g/mol. The van der Waals surface area contributed by atoms with Gasteiger partial charge in [0.1, 0.15) is 0 Å². The van der Waals surface area contributed by atoms with Crippen molar-refractivity contribution in [1.82, 2.24) is 10.2 Å². The van der Waals surface area contributed by atoms with Crippen molar-refractivity contribution in [3.8, 4) is 0 Å². The molecule has 4 rings (SSSR count). The minimum Gasteiger partial charge on any atom is -0.376 e. The fourth-order valence-corrected chi connectivity index (χ4v) is 5.03. The van der Waals surface area contributed by atoms with Gasteiger partial charge in [0.15, 0.2) is 0 Å². The summed E-state index contributed by atoms with van der Waals surface area (Å²) in [6.07, 6.45) is 7.49. The maximum atomic E-state index is 12.9. The van der Waals surface area contributed by atoms with Crippen molar-refractivity contribution >= 4 is 40.7 Å². The lowest BCUT2D eigenvalue weighted by Crippen LogP contribution is -2.37. The molecule has 1 saturated carbocycles. The third kappa shape index (κ3) is 7.00. The number of nitrogens with zero attached hydrogens (tertiary/aromatic N) is 1. The second-order valence-electron chi connectivity index (χ2n) is 9.96. The second-order valence-corrected chi connectivity index (χ2v) is 10.4. The molecule has 0 aromatic heterocycles. The Balaban J connectivity index is 1.31. The predicted octanol–water partition coefficient (Wildman–Crippen LogP) is 5.33. The van der Waals surface area contributed by atoms with E-state index in [-0.39, 0.29) is 30.3 Å². The van der Waals surface area contributed by atoms with Gasteiger partial charge in [0.05, 0.1) is 17.1 Å². The van der Waals surface area contributed by atoms with E-state index in [0.717, 1.165) is 51.6 Å². The molecule has 0 atom stereocenters. The molecule has 1 aliphatic heterocycles. The Morgan fingerprint density at radius 1 is 0.944 bits per heavy atom. The average Bonchev–Trinajstić information content (AvgIpc) is 2.89. The molecule has 2 aliphatic rings. The summed E-state index contributed by atoms with van der Waals surface area (Å²) in [6, 6.07) is 12.3. The normalized spacial score (nSPS) is 16.9. The highest BCUT2D eigenvalue weighted by molar-refractivity contribution is 6.34. The van der Waals surface area contributed by atoms with Crippen molar-refractivity contribution in [1.29, 1.82) is 0 Å². The molecular weight excluding hydrogens is 476 g/mol. The Hall–Kier alpha value is -3.06. The third-order valence-corrected chi connectivity index (χ3v) is 7.40. The number of hydrogen-bond acceptors (Lipinski definition) is 4. The van der Waals surface area contributed by atoms with E-state index < -0.39 is 0 Å². The highest BCUT2D eigenvalue weighted by atomic mass is 35.5. The summed E-state index contributed by atoms with van der Waals surface area (Å²) in [5, 5.41) is 9.36. The van der Waals surface area contributed by atoms with Crippen LogP contribution < -0.4 is 16.0 Å². The molecule has 2 fully saturated rings. The van der Waals surface area contributed by atoms with E-state index in [4.69, 9.17) is 11.6 Å². The van der Waals surface area contributed by atoms with Gasteiger partial charge in [-0.3, -0.25) is 14.4 Å². The zero-order chi connectivity index (χ0) is 25.5. The van der Waals surface area contributed by atoms with E-state index in [2.05, 4.69) is 22.9 Å². The van der Waals surface area contributed by atoms with Crippen LogP contribution in [0.2, 0.25) is 5.02 Å². The molecule has 3 N–H and O–H groups in total. The monoisotopic (exact) mass is 510 g/mol. The smallest absolute Gasteiger partial charge is 0.253 e. The molecule has 1 saturated heterocycles. The summed E-state index contributed by atoms with van der Waals surface area (Å²) < 4.78 is 0. The largest absolute Gasteiger partial charge is 0.376 e. The number of carbonyl (C=O) groups excluding carboxylic acids is 3. The van der Waals surface area contributed by atoms with E-state index in [0.29, 0.717) is 33.4 Å². The summed E-state index contributed by atoms with van der Waals surface area (Å²) in [5.41, 5.74) is 2.17. The zero-order valence-corrected chi connectivity index (χ0v) is 21.6. The molecule has 36 heavy (non-hydrogen) atoms. The summed E-state index contributed by atoms with van der Waals surface area (Å²) in [5.74, 6) is 0.200. The molecule has 0 spiro atoms. The molecule has 192 valence electrons. The van der Waals surface area contributed by atoms with Crippen molar-refractivity contribution in [3.05, 3.63) is 58.6 Å². The molecule has 0 bridgehead atoms. The first-order valence-corrected chi connectivity index (χ1v) is 13.3. The van der Waals surface area contributed by atoms with Gasteiger partial charge in [-0.2, -0.15) is 0 Å². The van der Waals surface area contributed by atoms with E-state index in [1.807, 2.05) is 4.90 Å². The van der Waals surface area contributed by atoms with E-state index in [1.165, 1.54) is 6.42 Å². The van der Waals surface area contributed by atoms with Gasteiger partial charge in [-0.05, 0) is 68.0 Å². The van der Waals surface area contributed by atoms with Gasteiger partial charge in [0.2, 0.25) is 5.91 Å². The van der Waals surface area contributed by atoms with Gasteiger partial charge < -0.3 is 20.9 Å². The van der Waals surface area contributed by atoms with Crippen molar-refractivity contribution in [3.63, 3.8) is 0 Å². The van der Waals surface area contributed by atoms with Crippen LogP contribution in [-0.2, 0) is 4.79 Å². The quantitative estimate of drug-likeness (QED) is 0.470. The third-order valence-electron chi connectivity index (χ3n) is 7.07. The first-order chi connectivity index (χ1) is 17.4. The maximum Gasteiger partial charge on any atom is 0.253 e. The van der Waals surface area contributed by atoms with Crippen LogP contribution >= 0.6 is 11.6 Å². The van der Waals surface area contributed by atoms with Crippen molar-refractivity contribution < 1.29 is 14.4 Å². The van der Waals surface area contributed by atoms with Crippen LogP contribution in [0.15, 0.2) is 42.5 Å². The molecule has 7 nitrogen and oxygen atoms in total. The number of amides is 3. The van der Waals surface area contributed by atoms with Crippen LogP contribution in [0.25, 0.3) is 0 Å². The molecule has 2 aromatic carbocycles. The van der Waals surface area contributed by atoms with Gasteiger partial charge >= 0.3 is 0 Å². The molecule has 0 unspecified atom stereocenters. The Morgan fingerprint density at radius 2 is 1.69 bits per heavy atom. The number of benzene rings is 2. The number of nitrogens with one attached hydrogen (secondary N) is 3. The lowest BCUT2D eigenvalue weighted by atomic mass is 9.95. The Labute approximate surface area is 218 Å². The fraction of sp³-hybridized carbons (Fsp3) is 0.464. The van der Waals surface area contributed by atoms with Gasteiger partial charge in [-0.1, -0.05) is 43.9 Å². The Bertz CT molecular complexity index is 1090. The Kier molecular flexibility index (Phi) is 8.86. The second kappa shape index (κ2) is 12.3. The van der Waals surface area contributed by atoms with Gasteiger partial charge in [0.25, 0.3) is 11.8 Å². The van der Waals surface area contributed by atoms with E-state index in [9.17, 15) is 14.4 Å². The highest BCUT2D eigenvalue weighted by Gasteiger charge is 2.22. The minimum absolute atomic E-state index is 0.00341. The number of halogens is 1. The van der Waals surface area contributed by atoms with Gasteiger partial charge in [0, 0.05) is 36.1 Å². The van der Waals surface area contributed by atoms with Crippen LogP contribution in [-0.4, -0.2) is 48.3 Å². The molecular formula is C28H35ClN4O3. The summed E-state index contributed by atoms with van der Waals surface area (Å²) in [4.78, 5) is 40.1. The van der Waals surface area contributed by atoms with Crippen molar-refractivity contribution in [2.75, 3.05) is 30.3 Å². The maximum absolute atomic E-state index is 12.9. The number of rotatable bonds is 7.